The number of halogens is 1. The van der Waals surface area contributed by atoms with Crippen LogP contribution in [0.4, 0.5) is 16.2 Å². The lowest BCUT2D eigenvalue weighted by molar-refractivity contribution is -0.116. The van der Waals surface area contributed by atoms with Gasteiger partial charge in [0.2, 0.25) is 5.91 Å². The molecule has 1 N–H and O–H groups in total. The fourth-order valence-corrected chi connectivity index (χ4v) is 2.50. The number of nitrogens with zero attached hydrogens (tertiary/aromatic N) is 3. The number of carbonyl (C=O) groups is 2. The van der Waals surface area contributed by atoms with Crippen LogP contribution in [0.5, 0.6) is 0 Å². The van der Waals surface area contributed by atoms with E-state index in [0.717, 1.165) is 11.4 Å². The first-order valence-corrected chi connectivity index (χ1v) is 7.83. The lowest BCUT2D eigenvalue weighted by Crippen LogP contribution is -2.31. The predicted molar refractivity (Wildman–Crippen MR) is 96.4 cm³/mol. The van der Waals surface area contributed by atoms with Gasteiger partial charge in [-0.1, -0.05) is 17.7 Å². The lowest BCUT2D eigenvalue weighted by atomic mass is 10.2. The molecule has 0 unspecified atom stereocenters. The van der Waals surface area contributed by atoms with Gasteiger partial charge in [0, 0.05) is 51.3 Å². The molecule has 1 heterocycles. The highest BCUT2D eigenvalue weighted by Gasteiger charge is 2.13. The topological polar surface area (TPSA) is 57.6 Å². The van der Waals surface area contributed by atoms with Crippen molar-refractivity contribution in [1.29, 1.82) is 0 Å². The van der Waals surface area contributed by atoms with Crippen LogP contribution in [0.25, 0.3) is 0 Å². The molecule has 2 aromatic rings. The number of anilines is 2. The number of amides is 3. The van der Waals surface area contributed by atoms with Crippen LogP contribution in [-0.4, -0.2) is 35.5 Å². The maximum atomic E-state index is 12.3. The Morgan fingerprint density at radius 2 is 1.96 bits per heavy atom. The van der Waals surface area contributed by atoms with E-state index in [1.807, 2.05) is 23.7 Å². The summed E-state index contributed by atoms with van der Waals surface area (Å²) in [5.74, 6) is -0.0730. The van der Waals surface area contributed by atoms with E-state index in [1.54, 1.807) is 43.4 Å². The molecule has 0 atom stereocenters. The Kier molecular flexibility index (Phi) is 5.51. The van der Waals surface area contributed by atoms with E-state index in [4.69, 9.17) is 11.6 Å². The fourth-order valence-electron chi connectivity index (χ4n) is 2.23. The lowest BCUT2D eigenvalue weighted by Gasteiger charge is -2.20. The molecule has 2 rings (SSSR count). The Bertz CT molecular complexity index is 757. The summed E-state index contributed by atoms with van der Waals surface area (Å²) in [4.78, 5) is 26.9. The molecule has 128 valence electrons. The van der Waals surface area contributed by atoms with Crippen LogP contribution >= 0.6 is 11.6 Å². The fraction of sp³-hybridized carbons (Fsp3) is 0.294. The number of urea groups is 1. The first kappa shape index (κ1) is 17.9. The second kappa shape index (κ2) is 7.40. The Morgan fingerprint density at radius 3 is 2.54 bits per heavy atom. The number of hydrogen-bond donors (Lipinski definition) is 1. The number of aryl methyl sites for hydroxylation is 1. The molecule has 0 bridgehead atoms. The van der Waals surface area contributed by atoms with Crippen LogP contribution in [0.1, 0.15) is 12.6 Å². The summed E-state index contributed by atoms with van der Waals surface area (Å²) in [6, 6.07) is 8.73. The van der Waals surface area contributed by atoms with Crippen LogP contribution in [0, 0.1) is 0 Å². The van der Waals surface area contributed by atoms with Gasteiger partial charge in [0.15, 0.2) is 0 Å². The molecule has 3 amide bonds. The third-order valence-corrected chi connectivity index (χ3v) is 3.98. The van der Waals surface area contributed by atoms with E-state index < -0.39 is 0 Å². The van der Waals surface area contributed by atoms with Gasteiger partial charge in [-0.05, 0) is 24.3 Å². The smallest absolute Gasteiger partial charge is 0.321 e. The first-order valence-electron chi connectivity index (χ1n) is 7.45. The van der Waals surface area contributed by atoms with Crippen LogP contribution in [0.2, 0.25) is 5.02 Å². The summed E-state index contributed by atoms with van der Waals surface area (Å²) in [6.45, 7) is 1.92. The van der Waals surface area contributed by atoms with Gasteiger partial charge in [-0.3, -0.25) is 4.79 Å². The van der Waals surface area contributed by atoms with Gasteiger partial charge < -0.3 is 19.7 Å². The summed E-state index contributed by atoms with van der Waals surface area (Å²) in [6.07, 6.45) is 1.80. The molecule has 0 radical (unpaired) electrons. The van der Waals surface area contributed by atoms with Crippen molar-refractivity contribution in [3.8, 4) is 0 Å². The largest absolute Gasteiger partial charge is 0.351 e. The minimum atomic E-state index is -0.241. The average molecular weight is 349 g/mol. The zero-order chi connectivity index (χ0) is 17.9. The normalized spacial score (nSPS) is 10.4. The molecule has 1 aromatic carbocycles. The maximum absolute atomic E-state index is 12.3. The molecule has 0 spiro atoms. The third kappa shape index (κ3) is 4.29. The maximum Gasteiger partial charge on any atom is 0.321 e. The van der Waals surface area contributed by atoms with E-state index in [-0.39, 0.29) is 11.9 Å². The van der Waals surface area contributed by atoms with Gasteiger partial charge in [-0.2, -0.15) is 0 Å². The Balaban J connectivity index is 2.05. The van der Waals surface area contributed by atoms with Gasteiger partial charge in [0.25, 0.3) is 0 Å². The third-order valence-electron chi connectivity index (χ3n) is 3.78. The van der Waals surface area contributed by atoms with Crippen molar-refractivity contribution in [3.63, 3.8) is 0 Å². The van der Waals surface area contributed by atoms with Crippen LogP contribution in [0.3, 0.4) is 0 Å². The minimum absolute atomic E-state index is 0.0730. The first-order chi connectivity index (χ1) is 11.3. The van der Waals surface area contributed by atoms with Crippen LogP contribution < -0.4 is 10.2 Å². The molecule has 24 heavy (non-hydrogen) atoms. The van der Waals surface area contributed by atoms with Crippen molar-refractivity contribution >= 4 is 34.9 Å². The van der Waals surface area contributed by atoms with Gasteiger partial charge in [-0.15, -0.1) is 0 Å². The second-order valence-corrected chi connectivity index (χ2v) is 6.11. The SMILES string of the molecule is CC(=O)N(C)c1cccc(NC(=O)N(C)Cc2cc(Cl)cn2C)c1. The van der Waals surface area contributed by atoms with E-state index in [1.165, 1.54) is 11.8 Å². The van der Waals surface area contributed by atoms with Crippen LogP contribution in [0.15, 0.2) is 36.5 Å². The molecule has 6 nitrogen and oxygen atoms in total. The molecule has 0 aliphatic rings. The molecule has 0 saturated carbocycles. The average Bonchev–Trinajstić information content (AvgIpc) is 2.84. The monoisotopic (exact) mass is 348 g/mol. The number of rotatable bonds is 4. The molecule has 0 saturated heterocycles. The number of nitrogens with one attached hydrogen (secondary N) is 1. The van der Waals surface area contributed by atoms with Crippen molar-refractivity contribution in [1.82, 2.24) is 9.47 Å². The number of hydrogen-bond acceptors (Lipinski definition) is 2. The quantitative estimate of drug-likeness (QED) is 0.921. The zero-order valence-electron chi connectivity index (χ0n) is 14.2. The van der Waals surface area contributed by atoms with E-state index in [2.05, 4.69) is 5.32 Å². The molecular weight excluding hydrogens is 328 g/mol. The van der Waals surface area contributed by atoms with Crippen molar-refractivity contribution in [2.24, 2.45) is 7.05 Å². The molecule has 7 heteroatoms. The highest BCUT2D eigenvalue weighted by molar-refractivity contribution is 6.30. The highest BCUT2D eigenvalue weighted by Crippen LogP contribution is 2.19. The number of benzene rings is 1. The molecule has 0 fully saturated rings. The standard InChI is InChI=1S/C17H21ClN4O2/c1-12(23)22(4)15-7-5-6-14(9-15)19-17(24)21(3)11-16-8-13(18)10-20(16)2/h5-10H,11H2,1-4H3,(H,19,24). The van der Waals surface area contributed by atoms with E-state index in [0.29, 0.717) is 17.3 Å². The second-order valence-electron chi connectivity index (χ2n) is 5.68. The summed E-state index contributed by atoms with van der Waals surface area (Å²) >= 11 is 5.96. The van der Waals surface area contributed by atoms with Gasteiger partial charge >= 0.3 is 6.03 Å². The van der Waals surface area contributed by atoms with E-state index >= 15 is 0 Å². The van der Waals surface area contributed by atoms with Crippen molar-refractivity contribution in [2.75, 3.05) is 24.3 Å². The molecule has 0 aliphatic heterocycles. The Hall–Kier alpha value is -2.47. The zero-order valence-corrected chi connectivity index (χ0v) is 15.0. The summed E-state index contributed by atoms with van der Waals surface area (Å²) < 4.78 is 1.88. The molecule has 0 aliphatic carbocycles. The molecule has 1 aromatic heterocycles. The summed E-state index contributed by atoms with van der Waals surface area (Å²) in [7, 11) is 5.28. The predicted octanol–water partition coefficient (Wildman–Crippen LogP) is 3.33. The minimum Gasteiger partial charge on any atom is -0.351 e. The summed E-state index contributed by atoms with van der Waals surface area (Å²) in [5, 5.41) is 3.47. The van der Waals surface area contributed by atoms with Crippen molar-refractivity contribution < 1.29 is 9.59 Å². The Labute approximate surface area is 146 Å². The summed E-state index contributed by atoms with van der Waals surface area (Å²) in [5.41, 5.74) is 2.28. The highest BCUT2D eigenvalue weighted by atomic mass is 35.5. The molecular formula is C17H21ClN4O2. The number of carbonyl (C=O) groups excluding carboxylic acids is 2. The van der Waals surface area contributed by atoms with Gasteiger partial charge in [0.05, 0.1) is 11.6 Å². The Morgan fingerprint density at radius 1 is 1.25 bits per heavy atom. The van der Waals surface area contributed by atoms with Crippen LogP contribution in [-0.2, 0) is 18.4 Å². The van der Waals surface area contributed by atoms with Gasteiger partial charge in [-0.25, -0.2) is 4.79 Å². The number of aromatic nitrogens is 1. The van der Waals surface area contributed by atoms with E-state index in [9.17, 15) is 9.59 Å². The van der Waals surface area contributed by atoms with Crippen molar-refractivity contribution in [3.05, 3.63) is 47.2 Å². The van der Waals surface area contributed by atoms with Crippen molar-refractivity contribution in [2.45, 2.75) is 13.5 Å². The van der Waals surface area contributed by atoms with Gasteiger partial charge in [0.1, 0.15) is 0 Å².